The lowest BCUT2D eigenvalue weighted by Gasteiger charge is -2.30. The molecule has 1 aromatic rings. The third kappa shape index (κ3) is 5.32. The lowest BCUT2D eigenvalue weighted by molar-refractivity contribution is -0.136. The van der Waals surface area contributed by atoms with Crippen molar-refractivity contribution in [3.63, 3.8) is 0 Å². The van der Waals surface area contributed by atoms with Gasteiger partial charge < -0.3 is 23.8 Å². The number of benzene rings is 1. The Morgan fingerprint density at radius 3 is 2.83 bits per heavy atom. The van der Waals surface area contributed by atoms with Crippen molar-refractivity contribution in [2.75, 3.05) is 40.2 Å². The average molecular weight is 406 g/mol. The van der Waals surface area contributed by atoms with E-state index in [0.717, 1.165) is 12.0 Å². The third-order valence-electron chi connectivity index (χ3n) is 5.00. The van der Waals surface area contributed by atoms with Gasteiger partial charge in [0.05, 0.1) is 13.2 Å². The Kier molecular flexibility index (Phi) is 7.19. The molecule has 0 spiro atoms. The smallest absolute Gasteiger partial charge is 0.410 e. The highest BCUT2D eigenvalue weighted by atomic mass is 16.7. The first-order chi connectivity index (χ1) is 14.0. The Morgan fingerprint density at radius 1 is 1.28 bits per heavy atom. The highest BCUT2D eigenvalue weighted by Crippen LogP contribution is 2.33. The van der Waals surface area contributed by atoms with Crippen LogP contribution in [0.3, 0.4) is 0 Å². The second-order valence-electron chi connectivity index (χ2n) is 7.76. The summed E-state index contributed by atoms with van der Waals surface area (Å²) < 4.78 is 21.3. The van der Waals surface area contributed by atoms with Gasteiger partial charge in [-0.2, -0.15) is 0 Å². The molecule has 1 unspecified atom stereocenters. The first-order valence-corrected chi connectivity index (χ1v) is 10.1. The minimum Gasteiger partial charge on any atom is -0.454 e. The molecule has 0 bridgehead atoms. The van der Waals surface area contributed by atoms with Gasteiger partial charge in [-0.25, -0.2) is 4.79 Å². The molecule has 3 rings (SSSR count). The van der Waals surface area contributed by atoms with Crippen LogP contribution >= 0.6 is 0 Å². The summed E-state index contributed by atoms with van der Waals surface area (Å²) in [7, 11) is 1.61. The Bertz CT molecular complexity index is 723. The lowest BCUT2D eigenvalue weighted by Crippen LogP contribution is -2.48. The number of amides is 2. The number of fused-ring (bicyclic) bond motifs is 1. The fourth-order valence-corrected chi connectivity index (χ4v) is 3.50. The third-order valence-corrected chi connectivity index (χ3v) is 5.00. The second kappa shape index (κ2) is 9.82. The monoisotopic (exact) mass is 406 g/mol. The number of carbonyl (C=O) groups excluding carboxylic acids is 2. The summed E-state index contributed by atoms with van der Waals surface area (Å²) in [5, 5.41) is 0. The average Bonchev–Trinajstić information content (AvgIpc) is 3.37. The van der Waals surface area contributed by atoms with Crippen LogP contribution in [0.25, 0.3) is 0 Å². The van der Waals surface area contributed by atoms with E-state index >= 15 is 0 Å². The fourth-order valence-electron chi connectivity index (χ4n) is 3.50. The van der Waals surface area contributed by atoms with Gasteiger partial charge in [-0.05, 0) is 36.5 Å². The zero-order valence-electron chi connectivity index (χ0n) is 17.4. The quantitative estimate of drug-likeness (QED) is 0.661. The summed E-state index contributed by atoms with van der Waals surface area (Å²) in [6.45, 7) is 6.33. The van der Waals surface area contributed by atoms with Crippen molar-refractivity contribution in [2.24, 2.45) is 5.92 Å². The van der Waals surface area contributed by atoms with Crippen LogP contribution in [-0.4, -0.2) is 68.0 Å². The van der Waals surface area contributed by atoms with Crippen molar-refractivity contribution in [1.82, 2.24) is 9.80 Å². The van der Waals surface area contributed by atoms with Crippen LogP contribution in [0.5, 0.6) is 11.5 Å². The number of nitrogens with zero attached hydrogens (tertiary/aromatic N) is 2. The SMILES string of the molecule is COCCN(Cc1ccc2c(c1)OCO2)C(=O)C1CCCN1C(=O)OCC(C)C. The van der Waals surface area contributed by atoms with Gasteiger partial charge in [-0.15, -0.1) is 0 Å². The van der Waals surface area contributed by atoms with E-state index in [0.29, 0.717) is 50.8 Å². The molecule has 0 aliphatic carbocycles. The van der Waals surface area contributed by atoms with Crippen molar-refractivity contribution < 1.29 is 28.5 Å². The Hall–Kier alpha value is -2.48. The fraction of sp³-hybridized carbons (Fsp3) is 0.619. The summed E-state index contributed by atoms with van der Waals surface area (Å²) in [6.07, 6.45) is 1.01. The maximum atomic E-state index is 13.3. The summed E-state index contributed by atoms with van der Waals surface area (Å²) in [6, 6.07) is 5.16. The van der Waals surface area contributed by atoms with E-state index in [1.54, 1.807) is 16.9 Å². The first kappa shape index (κ1) is 21.2. The van der Waals surface area contributed by atoms with Gasteiger partial charge in [0, 0.05) is 26.7 Å². The van der Waals surface area contributed by atoms with E-state index in [1.807, 2.05) is 32.0 Å². The Morgan fingerprint density at radius 2 is 2.07 bits per heavy atom. The van der Waals surface area contributed by atoms with Crippen molar-refractivity contribution >= 4 is 12.0 Å². The van der Waals surface area contributed by atoms with Crippen molar-refractivity contribution in [3.05, 3.63) is 23.8 Å². The number of hydrogen-bond donors (Lipinski definition) is 0. The van der Waals surface area contributed by atoms with Gasteiger partial charge >= 0.3 is 6.09 Å². The first-order valence-electron chi connectivity index (χ1n) is 10.1. The molecule has 2 heterocycles. The highest BCUT2D eigenvalue weighted by Gasteiger charge is 2.37. The van der Waals surface area contributed by atoms with E-state index < -0.39 is 12.1 Å². The predicted octanol–water partition coefficient (Wildman–Crippen LogP) is 2.65. The van der Waals surface area contributed by atoms with E-state index in [2.05, 4.69) is 0 Å². The normalized spacial score (nSPS) is 17.7. The molecule has 2 aliphatic heterocycles. The van der Waals surface area contributed by atoms with Crippen molar-refractivity contribution in [2.45, 2.75) is 39.3 Å². The van der Waals surface area contributed by atoms with Crippen molar-refractivity contribution in [1.29, 1.82) is 0 Å². The number of ether oxygens (including phenoxy) is 4. The highest BCUT2D eigenvalue weighted by molar-refractivity contribution is 5.86. The summed E-state index contributed by atoms with van der Waals surface area (Å²) in [5.74, 6) is 1.55. The number of hydrogen-bond acceptors (Lipinski definition) is 6. The Labute approximate surface area is 171 Å². The van der Waals surface area contributed by atoms with Crippen LogP contribution in [0.15, 0.2) is 18.2 Å². The van der Waals surface area contributed by atoms with E-state index in [9.17, 15) is 9.59 Å². The summed E-state index contributed by atoms with van der Waals surface area (Å²) >= 11 is 0. The second-order valence-corrected chi connectivity index (χ2v) is 7.76. The van der Waals surface area contributed by atoms with Crippen LogP contribution < -0.4 is 9.47 Å². The van der Waals surface area contributed by atoms with Gasteiger partial charge in [-0.1, -0.05) is 19.9 Å². The molecule has 160 valence electrons. The summed E-state index contributed by atoms with van der Waals surface area (Å²) in [5.41, 5.74) is 0.936. The minimum absolute atomic E-state index is 0.0845. The molecule has 0 N–H and O–H groups in total. The largest absolute Gasteiger partial charge is 0.454 e. The molecule has 1 saturated heterocycles. The maximum Gasteiger partial charge on any atom is 0.410 e. The van der Waals surface area contributed by atoms with E-state index in [-0.39, 0.29) is 18.6 Å². The molecule has 1 fully saturated rings. The molecule has 2 aliphatic rings. The molecular weight excluding hydrogens is 376 g/mol. The van der Waals surface area contributed by atoms with Crippen molar-refractivity contribution in [3.8, 4) is 11.5 Å². The number of likely N-dealkylation sites (tertiary alicyclic amines) is 1. The molecular formula is C21H30N2O6. The van der Waals surface area contributed by atoms with Gasteiger partial charge in [0.1, 0.15) is 6.04 Å². The zero-order chi connectivity index (χ0) is 20.8. The molecule has 2 amide bonds. The number of carbonyl (C=O) groups is 2. The van der Waals surface area contributed by atoms with Crippen LogP contribution in [0.1, 0.15) is 32.3 Å². The molecule has 8 nitrogen and oxygen atoms in total. The topological polar surface area (TPSA) is 77.5 Å². The Balaban J connectivity index is 1.70. The number of methoxy groups -OCH3 is 1. The molecule has 29 heavy (non-hydrogen) atoms. The van der Waals surface area contributed by atoms with Gasteiger partial charge in [0.2, 0.25) is 12.7 Å². The van der Waals surface area contributed by atoms with Crippen LogP contribution in [0, 0.1) is 5.92 Å². The lowest BCUT2D eigenvalue weighted by atomic mass is 10.1. The zero-order valence-corrected chi connectivity index (χ0v) is 17.4. The van der Waals surface area contributed by atoms with Crippen LogP contribution in [-0.2, 0) is 20.8 Å². The molecule has 1 atom stereocenters. The molecule has 8 heteroatoms. The predicted molar refractivity (Wildman–Crippen MR) is 106 cm³/mol. The molecule has 0 radical (unpaired) electrons. The van der Waals surface area contributed by atoms with Gasteiger partial charge in [-0.3, -0.25) is 9.69 Å². The van der Waals surface area contributed by atoms with E-state index in [4.69, 9.17) is 18.9 Å². The standard InChI is InChI=1S/C21H30N2O6/c1-15(2)13-27-21(25)23-8-4-5-17(23)20(24)22(9-10-26-3)12-16-6-7-18-19(11-16)29-14-28-18/h6-7,11,15,17H,4-5,8-10,12-14H2,1-3H3. The van der Waals surface area contributed by atoms with E-state index in [1.165, 1.54) is 0 Å². The molecule has 0 saturated carbocycles. The van der Waals surface area contributed by atoms with Crippen LogP contribution in [0.2, 0.25) is 0 Å². The van der Waals surface area contributed by atoms with Gasteiger partial charge in [0.15, 0.2) is 11.5 Å². The molecule has 0 aromatic heterocycles. The minimum atomic E-state index is -0.500. The maximum absolute atomic E-state index is 13.3. The number of rotatable bonds is 8. The molecule has 1 aromatic carbocycles. The van der Waals surface area contributed by atoms with Crippen LogP contribution in [0.4, 0.5) is 4.79 Å². The summed E-state index contributed by atoms with van der Waals surface area (Å²) in [4.78, 5) is 29.1. The van der Waals surface area contributed by atoms with Gasteiger partial charge in [0.25, 0.3) is 0 Å².